The zero-order valence-electron chi connectivity index (χ0n) is 14.4. The first-order chi connectivity index (χ1) is 11.4. The number of nitrogens with zero attached hydrogens (tertiary/aromatic N) is 3. The average molecular weight is 345 g/mol. The van der Waals surface area contributed by atoms with Gasteiger partial charge in [0.15, 0.2) is 0 Å². The minimum absolute atomic E-state index is 0.0388. The molecule has 0 bridgehead atoms. The van der Waals surface area contributed by atoms with E-state index in [1.165, 1.54) is 0 Å². The predicted octanol–water partition coefficient (Wildman–Crippen LogP) is 4.24. The Balaban J connectivity index is 1.79. The summed E-state index contributed by atoms with van der Waals surface area (Å²) >= 11 is 1.62. The zero-order valence-corrected chi connectivity index (χ0v) is 15.2. The molecule has 1 fully saturated rings. The van der Waals surface area contributed by atoms with Crippen LogP contribution in [0.3, 0.4) is 0 Å². The van der Waals surface area contributed by atoms with Crippen LogP contribution in [-0.2, 0) is 9.63 Å². The fraction of sp³-hybridized carbons (Fsp3) is 0.500. The molecular formula is C18H23N3O2S. The van der Waals surface area contributed by atoms with Crippen LogP contribution in [0.25, 0.3) is 10.6 Å². The molecule has 0 aliphatic carbocycles. The Labute approximate surface area is 146 Å². The van der Waals surface area contributed by atoms with Crippen molar-refractivity contribution in [3.63, 3.8) is 0 Å². The van der Waals surface area contributed by atoms with Gasteiger partial charge in [0.2, 0.25) is 0 Å². The van der Waals surface area contributed by atoms with E-state index in [4.69, 9.17) is 9.82 Å². The van der Waals surface area contributed by atoms with Gasteiger partial charge in [0, 0.05) is 29.9 Å². The van der Waals surface area contributed by atoms with E-state index < -0.39 is 5.41 Å². The summed E-state index contributed by atoms with van der Waals surface area (Å²) in [5, 5.41) is 4.87. The molecule has 2 aromatic heterocycles. The van der Waals surface area contributed by atoms with Crippen LogP contribution >= 0.6 is 11.3 Å². The van der Waals surface area contributed by atoms with Crippen LogP contribution in [0.4, 0.5) is 0 Å². The minimum Gasteiger partial charge on any atom is -0.367 e. The van der Waals surface area contributed by atoms with Gasteiger partial charge in [-0.25, -0.2) is 9.78 Å². The van der Waals surface area contributed by atoms with E-state index in [0.717, 1.165) is 42.1 Å². The summed E-state index contributed by atoms with van der Waals surface area (Å²) in [6.45, 7) is 6.38. The Bertz CT molecular complexity index is 694. The van der Waals surface area contributed by atoms with Crippen LogP contribution in [0.2, 0.25) is 0 Å². The summed E-state index contributed by atoms with van der Waals surface area (Å²) in [7, 11) is 0. The van der Waals surface area contributed by atoms with Gasteiger partial charge in [0.05, 0.1) is 17.2 Å². The van der Waals surface area contributed by atoms with Crippen molar-refractivity contribution in [1.29, 1.82) is 0 Å². The monoisotopic (exact) mass is 345 g/mol. The van der Waals surface area contributed by atoms with E-state index in [-0.39, 0.29) is 12.0 Å². The van der Waals surface area contributed by atoms with Crippen LogP contribution in [0, 0.1) is 5.41 Å². The fourth-order valence-electron chi connectivity index (χ4n) is 2.62. The maximum Gasteiger partial charge on any atom is 0.330 e. The summed E-state index contributed by atoms with van der Waals surface area (Å²) in [6.07, 6.45) is 6.66. The second-order valence-electron chi connectivity index (χ2n) is 7.09. The van der Waals surface area contributed by atoms with Gasteiger partial charge in [-0.3, -0.25) is 4.98 Å². The van der Waals surface area contributed by atoms with Gasteiger partial charge in [0.1, 0.15) is 5.01 Å². The molecule has 0 aromatic carbocycles. The molecule has 0 saturated carbocycles. The van der Waals surface area contributed by atoms with E-state index in [1.807, 2.05) is 38.0 Å². The average Bonchev–Trinajstić information content (AvgIpc) is 3.05. The number of hydrogen-bond acceptors (Lipinski definition) is 6. The van der Waals surface area contributed by atoms with E-state index in [1.54, 1.807) is 23.7 Å². The lowest BCUT2D eigenvalue weighted by molar-refractivity contribution is -0.218. The highest BCUT2D eigenvalue weighted by Crippen LogP contribution is 2.35. The molecule has 128 valence electrons. The van der Waals surface area contributed by atoms with Gasteiger partial charge in [-0.15, -0.1) is 16.4 Å². The van der Waals surface area contributed by atoms with E-state index in [9.17, 15) is 4.79 Å². The highest BCUT2D eigenvalue weighted by Gasteiger charge is 2.32. The molecule has 1 aliphatic rings. The number of rotatable bonds is 3. The molecule has 1 aliphatic heterocycles. The first kappa shape index (κ1) is 17.0. The standard InChI is InChI=1S/C18H23N3O2S/c1-18(2,3)17(22)23-21-11-5-4-6-15(21)14-12-24-16(20-14)13-7-9-19-10-8-13/h7-10,12,15H,4-6,11H2,1-3H3/t15-/m1/s1. The van der Waals surface area contributed by atoms with E-state index in [2.05, 4.69) is 10.4 Å². The third-order valence-corrected chi connectivity index (χ3v) is 4.97. The Morgan fingerprint density at radius 3 is 2.75 bits per heavy atom. The molecule has 0 spiro atoms. The molecule has 3 heterocycles. The minimum atomic E-state index is -0.508. The maximum atomic E-state index is 12.2. The number of thiazole rings is 1. The number of aromatic nitrogens is 2. The second-order valence-corrected chi connectivity index (χ2v) is 7.95. The zero-order chi connectivity index (χ0) is 17.2. The lowest BCUT2D eigenvalue weighted by atomic mass is 9.97. The van der Waals surface area contributed by atoms with Crippen molar-refractivity contribution in [3.05, 3.63) is 35.6 Å². The predicted molar refractivity (Wildman–Crippen MR) is 94.2 cm³/mol. The molecule has 0 N–H and O–H groups in total. The molecule has 1 atom stereocenters. The van der Waals surface area contributed by atoms with E-state index >= 15 is 0 Å². The Morgan fingerprint density at radius 2 is 2.04 bits per heavy atom. The van der Waals surface area contributed by atoms with Gasteiger partial charge in [-0.05, 0) is 52.2 Å². The topological polar surface area (TPSA) is 55.3 Å². The lowest BCUT2D eigenvalue weighted by Gasteiger charge is -2.34. The number of hydroxylamine groups is 2. The van der Waals surface area contributed by atoms with Crippen LogP contribution in [-0.4, -0.2) is 27.5 Å². The van der Waals surface area contributed by atoms with Gasteiger partial charge in [0.25, 0.3) is 0 Å². The van der Waals surface area contributed by atoms with Crippen LogP contribution in [0.5, 0.6) is 0 Å². The van der Waals surface area contributed by atoms with Gasteiger partial charge in [-0.2, -0.15) is 0 Å². The molecule has 0 radical (unpaired) electrons. The quantitative estimate of drug-likeness (QED) is 0.833. The van der Waals surface area contributed by atoms with E-state index in [0.29, 0.717) is 0 Å². The summed E-state index contributed by atoms with van der Waals surface area (Å²) in [5.41, 5.74) is 1.54. The SMILES string of the molecule is CC(C)(C)C(=O)ON1CCCC[C@@H]1c1csc(-c2ccncc2)n1. The van der Waals surface area contributed by atoms with Crippen molar-refractivity contribution in [2.45, 2.75) is 46.1 Å². The van der Waals surface area contributed by atoms with Crippen molar-refractivity contribution in [2.24, 2.45) is 5.41 Å². The second kappa shape index (κ2) is 6.99. The molecule has 1 saturated heterocycles. The van der Waals surface area contributed by atoms with Crippen LogP contribution in [0.15, 0.2) is 29.9 Å². The van der Waals surface area contributed by atoms with Crippen molar-refractivity contribution < 1.29 is 9.63 Å². The third-order valence-electron chi connectivity index (χ3n) is 4.06. The van der Waals surface area contributed by atoms with Crippen LogP contribution in [0.1, 0.15) is 51.8 Å². The highest BCUT2D eigenvalue weighted by atomic mass is 32.1. The molecule has 5 nitrogen and oxygen atoms in total. The fourth-order valence-corrected chi connectivity index (χ4v) is 3.49. The molecule has 2 aromatic rings. The first-order valence-corrected chi connectivity index (χ1v) is 9.18. The van der Waals surface area contributed by atoms with Gasteiger partial charge < -0.3 is 4.84 Å². The molecule has 0 unspecified atom stereocenters. The summed E-state index contributed by atoms with van der Waals surface area (Å²) in [5.74, 6) is -0.195. The molecular weight excluding hydrogens is 322 g/mol. The number of hydrogen-bond donors (Lipinski definition) is 0. The molecule has 0 amide bonds. The van der Waals surface area contributed by atoms with Crippen molar-refractivity contribution >= 4 is 17.3 Å². The van der Waals surface area contributed by atoms with Crippen LogP contribution < -0.4 is 0 Å². The Hall–Kier alpha value is -1.79. The van der Waals surface area contributed by atoms with Crippen molar-refractivity contribution in [2.75, 3.05) is 6.54 Å². The summed E-state index contributed by atoms with van der Waals surface area (Å²) < 4.78 is 0. The number of carbonyl (C=O) groups excluding carboxylic acids is 1. The normalized spacial score (nSPS) is 19.2. The lowest BCUT2D eigenvalue weighted by Crippen LogP contribution is -2.39. The van der Waals surface area contributed by atoms with Gasteiger partial charge >= 0.3 is 5.97 Å². The largest absolute Gasteiger partial charge is 0.367 e. The summed E-state index contributed by atoms with van der Waals surface area (Å²) in [6, 6.07) is 3.96. The number of carbonyl (C=O) groups is 1. The van der Waals surface area contributed by atoms with Crippen molar-refractivity contribution in [1.82, 2.24) is 15.0 Å². The molecule has 6 heteroatoms. The Kier molecular flexibility index (Phi) is 4.96. The van der Waals surface area contributed by atoms with Crippen molar-refractivity contribution in [3.8, 4) is 10.6 Å². The third kappa shape index (κ3) is 3.82. The maximum absolute atomic E-state index is 12.2. The Morgan fingerprint density at radius 1 is 1.29 bits per heavy atom. The smallest absolute Gasteiger partial charge is 0.330 e. The summed E-state index contributed by atoms with van der Waals surface area (Å²) in [4.78, 5) is 26.8. The first-order valence-electron chi connectivity index (χ1n) is 8.30. The molecule has 24 heavy (non-hydrogen) atoms. The number of pyridine rings is 1. The molecule has 3 rings (SSSR count). The number of piperidine rings is 1. The highest BCUT2D eigenvalue weighted by molar-refractivity contribution is 7.13. The van der Waals surface area contributed by atoms with Gasteiger partial charge in [-0.1, -0.05) is 0 Å².